The van der Waals surface area contributed by atoms with E-state index in [2.05, 4.69) is 11.4 Å². The number of carbonyl (C=O) groups excluding carboxylic acids is 2. The highest BCUT2D eigenvalue weighted by Crippen LogP contribution is 2.37. The lowest BCUT2D eigenvalue weighted by Crippen LogP contribution is -2.31. The summed E-state index contributed by atoms with van der Waals surface area (Å²) in [5, 5.41) is 3.80. The molecule has 1 N–H and O–H groups in total. The predicted octanol–water partition coefficient (Wildman–Crippen LogP) is 3.80. The molecule has 2 aliphatic heterocycles. The van der Waals surface area contributed by atoms with Gasteiger partial charge < -0.3 is 10.2 Å². The first-order valence-electron chi connectivity index (χ1n) is 9.52. The zero-order chi connectivity index (χ0) is 19.1. The van der Waals surface area contributed by atoms with E-state index in [-0.39, 0.29) is 18.0 Å². The average Bonchev–Trinajstić information content (AvgIpc) is 3.45. The molecule has 5 rings (SSSR count). The number of thiazole rings is 1. The number of urea groups is 1. The van der Waals surface area contributed by atoms with Crippen LogP contribution < -0.4 is 10.2 Å². The van der Waals surface area contributed by atoms with Crippen LogP contribution in [0.15, 0.2) is 48.5 Å². The largest absolute Gasteiger partial charge is 0.336 e. The smallest absolute Gasteiger partial charge is 0.321 e. The van der Waals surface area contributed by atoms with Crippen molar-refractivity contribution in [3.63, 3.8) is 0 Å². The number of aromatic nitrogens is 1. The number of para-hydroxylation sites is 1. The molecular weight excluding hydrogens is 372 g/mol. The van der Waals surface area contributed by atoms with Gasteiger partial charge >= 0.3 is 6.03 Å². The fourth-order valence-corrected chi connectivity index (χ4v) is 5.11. The van der Waals surface area contributed by atoms with Crippen molar-refractivity contribution in [3.8, 4) is 0 Å². The van der Waals surface area contributed by atoms with E-state index < -0.39 is 0 Å². The molecule has 1 unspecified atom stereocenters. The normalized spacial score (nSPS) is 19.4. The second-order valence-electron chi connectivity index (χ2n) is 7.11. The van der Waals surface area contributed by atoms with Crippen LogP contribution in [-0.4, -0.2) is 41.5 Å². The lowest BCUT2D eigenvalue weighted by Gasteiger charge is -2.24. The van der Waals surface area contributed by atoms with Gasteiger partial charge in [0.1, 0.15) is 5.01 Å². The Kier molecular flexibility index (Phi) is 4.24. The third-order valence-corrected chi connectivity index (χ3v) is 6.51. The van der Waals surface area contributed by atoms with Crippen molar-refractivity contribution in [1.29, 1.82) is 0 Å². The Morgan fingerprint density at radius 2 is 2.04 bits per heavy atom. The Morgan fingerprint density at radius 1 is 1.14 bits per heavy atom. The first-order valence-corrected chi connectivity index (χ1v) is 10.3. The van der Waals surface area contributed by atoms with E-state index in [0.29, 0.717) is 18.7 Å². The van der Waals surface area contributed by atoms with Crippen molar-refractivity contribution in [2.75, 3.05) is 24.5 Å². The molecule has 0 bridgehead atoms. The molecule has 2 aliphatic rings. The molecular formula is C21H20N4O2S. The van der Waals surface area contributed by atoms with E-state index in [1.807, 2.05) is 47.4 Å². The van der Waals surface area contributed by atoms with E-state index in [9.17, 15) is 9.59 Å². The maximum absolute atomic E-state index is 13.3. The number of nitrogens with one attached hydrogen (secondary N) is 1. The summed E-state index contributed by atoms with van der Waals surface area (Å²) >= 11 is 1.67. The maximum Gasteiger partial charge on any atom is 0.321 e. The highest BCUT2D eigenvalue weighted by molar-refractivity contribution is 7.18. The topological polar surface area (TPSA) is 65.5 Å². The number of likely N-dealkylation sites (tertiary alicyclic amines) is 1. The summed E-state index contributed by atoms with van der Waals surface area (Å²) in [6.07, 6.45) is 1.90. The second-order valence-corrected chi connectivity index (χ2v) is 8.17. The summed E-state index contributed by atoms with van der Waals surface area (Å²) in [6.45, 7) is 1.98. The van der Waals surface area contributed by atoms with E-state index in [1.165, 1.54) is 0 Å². The van der Waals surface area contributed by atoms with Crippen molar-refractivity contribution >= 4 is 39.2 Å². The predicted molar refractivity (Wildman–Crippen MR) is 110 cm³/mol. The standard InChI is InChI=1S/C21H20N4O2S/c26-20(14-5-3-6-15(13-14)24-12-10-22-21(24)27)25-11-4-8-17(25)19-23-16-7-1-2-9-18(16)28-19/h1-3,5-7,9,13,17H,4,8,10-12H2,(H,22,27). The third kappa shape index (κ3) is 2.92. The third-order valence-electron chi connectivity index (χ3n) is 5.37. The van der Waals surface area contributed by atoms with Gasteiger partial charge in [0.25, 0.3) is 5.91 Å². The summed E-state index contributed by atoms with van der Waals surface area (Å²) in [7, 11) is 0. The monoisotopic (exact) mass is 392 g/mol. The van der Waals surface area contributed by atoms with Gasteiger partial charge in [-0.05, 0) is 43.2 Å². The molecule has 3 amide bonds. The Labute approximate surface area is 166 Å². The zero-order valence-corrected chi connectivity index (χ0v) is 16.1. The fraction of sp³-hybridized carbons (Fsp3) is 0.286. The van der Waals surface area contributed by atoms with Gasteiger partial charge in [-0.3, -0.25) is 9.69 Å². The Balaban J connectivity index is 1.43. The van der Waals surface area contributed by atoms with E-state index >= 15 is 0 Å². The second kappa shape index (κ2) is 6.91. The molecule has 1 aromatic heterocycles. The summed E-state index contributed by atoms with van der Waals surface area (Å²) in [5.41, 5.74) is 2.37. The molecule has 2 fully saturated rings. The lowest BCUT2D eigenvalue weighted by molar-refractivity contribution is 0.0735. The summed E-state index contributed by atoms with van der Waals surface area (Å²) in [5.74, 6) is 0.00297. The van der Waals surface area contributed by atoms with Crippen LogP contribution in [0.25, 0.3) is 10.2 Å². The number of amides is 3. The molecule has 3 heterocycles. The molecule has 0 radical (unpaired) electrons. The minimum absolute atomic E-state index is 0.00297. The quantitative estimate of drug-likeness (QED) is 0.737. The molecule has 0 aliphatic carbocycles. The van der Waals surface area contributed by atoms with Crippen LogP contribution in [0.4, 0.5) is 10.5 Å². The van der Waals surface area contributed by atoms with Crippen LogP contribution in [-0.2, 0) is 0 Å². The van der Waals surface area contributed by atoms with Gasteiger partial charge in [-0.2, -0.15) is 0 Å². The summed E-state index contributed by atoms with van der Waals surface area (Å²) in [4.78, 5) is 33.6. The zero-order valence-electron chi connectivity index (χ0n) is 15.3. The van der Waals surface area contributed by atoms with Crippen LogP contribution in [0.2, 0.25) is 0 Å². The van der Waals surface area contributed by atoms with Crippen molar-refractivity contribution < 1.29 is 9.59 Å². The Hall–Kier alpha value is -2.93. The van der Waals surface area contributed by atoms with E-state index in [0.717, 1.165) is 40.3 Å². The van der Waals surface area contributed by atoms with Crippen LogP contribution in [0.1, 0.15) is 34.2 Å². The fourth-order valence-electron chi connectivity index (χ4n) is 3.99. The molecule has 142 valence electrons. The summed E-state index contributed by atoms with van der Waals surface area (Å²) in [6, 6.07) is 15.4. The molecule has 0 saturated carbocycles. The van der Waals surface area contributed by atoms with Gasteiger partial charge in [0, 0.05) is 30.9 Å². The number of anilines is 1. The molecule has 3 aromatic rings. The van der Waals surface area contributed by atoms with Crippen molar-refractivity contribution in [2.45, 2.75) is 18.9 Å². The number of benzene rings is 2. The lowest BCUT2D eigenvalue weighted by atomic mass is 10.1. The highest BCUT2D eigenvalue weighted by atomic mass is 32.1. The highest BCUT2D eigenvalue weighted by Gasteiger charge is 2.33. The summed E-state index contributed by atoms with van der Waals surface area (Å²) < 4.78 is 1.15. The number of hydrogen-bond acceptors (Lipinski definition) is 4. The first kappa shape index (κ1) is 17.2. The Bertz CT molecular complexity index is 1030. The Morgan fingerprint density at radius 3 is 2.86 bits per heavy atom. The minimum Gasteiger partial charge on any atom is -0.336 e. The number of rotatable bonds is 3. The van der Waals surface area contributed by atoms with Gasteiger partial charge in [-0.1, -0.05) is 18.2 Å². The van der Waals surface area contributed by atoms with Crippen LogP contribution in [0, 0.1) is 0 Å². The molecule has 2 aromatic carbocycles. The molecule has 28 heavy (non-hydrogen) atoms. The molecule has 0 spiro atoms. The minimum atomic E-state index is -0.113. The first-order chi connectivity index (χ1) is 13.7. The van der Waals surface area contributed by atoms with E-state index in [4.69, 9.17) is 4.98 Å². The van der Waals surface area contributed by atoms with Crippen LogP contribution >= 0.6 is 11.3 Å². The van der Waals surface area contributed by atoms with Gasteiger partial charge in [-0.25, -0.2) is 9.78 Å². The maximum atomic E-state index is 13.3. The van der Waals surface area contributed by atoms with Crippen molar-refractivity contribution in [1.82, 2.24) is 15.2 Å². The average molecular weight is 392 g/mol. The van der Waals surface area contributed by atoms with Crippen molar-refractivity contribution in [2.24, 2.45) is 0 Å². The van der Waals surface area contributed by atoms with Crippen LogP contribution in [0.3, 0.4) is 0 Å². The van der Waals surface area contributed by atoms with Gasteiger partial charge in [-0.15, -0.1) is 11.3 Å². The molecule has 2 saturated heterocycles. The molecule has 6 nitrogen and oxygen atoms in total. The SMILES string of the molecule is O=C1NCCN1c1cccc(C(=O)N2CCCC2c2nc3ccccc3s2)c1. The van der Waals surface area contributed by atoms with Gasteiger partial charge in [0.15, 0.2) is 0 Å². The number of nitrogens with zero attached hydrogens (tertiary/aromatic N) is 3. The van der Waals surface area contributed by atoms with E-state index in [1.54, 1.807) is 16.2 Å². The molecule has 7 heteroatoms. The molecule has 1 atom stereocenters. The van der Waals surface area contributed by atoms with Gasteiger partial charge in [0.05, 0.1) is 16.3 Å². The number of carbonyl (C=O) groups is 2. The number of hydrogen-bond donors (Lipinski definition) is 1. The van der Waals surface area contributed by atoms with Crippen LogP contribution in [0.5, 0.6) is 0 Å². The van der Waals surface area contributed by atoms with Gasteiger partial charge in [0.2, 0.25) is 0 Å². The van der Waals surface area contributed by atoms with Crippen molar-refractivity contribution in [3.05, 3.63) is 59.1 Å². The number of fused-ring (bicyclic) bond motifs is 1.